The van der Waals surface area contributed by atoms with E-state index in [-0.39, 0.29) is 24.7 Å². The Hall–Kier alpha value is -2.62. The Kier molecular flexibility index (Phi) is 5.72. The van der Waals surface area contributed by atoms with Crippen LogP contribution in [0.4, 0.5) is 5.69 Å². The lowest BCUT2D eigenvalue weighted by atomic mass is 10.1. The van der Waals surface area contributed by atoms with E-state index in [1.54, 1.807) is 4.90 Å². The number of rotatable bonds is 6. The van der Waals surface area contributed by atoms with Crippen LogP contribution < -0.4 is 4.90 Å². The maximum Gasteiger partial charge on any atom is 0.306 e. The number of hydrogen-bond donors (Lipinski definition) is 0. The van der Waals surface area contributed by atoms with Gasteiger partial charge in [0, 0.05) is 12.1 Å². The number of benzene rings is 2. The minimum atomic E-state index is -0.374. The van der Waals surface area contributed by atoms with Gasteiger partial charge in [-0.05, 0) is 17.7 Å². The summed E-state index contributed by atoms with van der Waals surface area (Å²) in [6.45, 7) is 0.477. The highest BCUT2D eigenvalue weighted by Crippen LogP contribution is 2.18. The molecule has 0 aliphatic heterocycles. The molecule has 0 aliphatic rings. The average molecular weight is 297 g/mol. The molecule has 4 nitrogen and oxygen atoms in total. The molecular weight excluding hydrogens is 278 g/mol. The van der Waals surface area contributed by atoms with Crippen molar-refractivity contribution in [3.63, 3.8) is 0 Å². The van der Waals surface area contributed by atoms with Crippen molar-refractivity contribution < 1.29 is 14.3 Å². The van der Waals surface area contributed by atoms with Crippen molar-refractivity contribution in [2.75, 3.05) is 12.0 Å². The second-order valence-electron chi connectivity index (χ2n) is 4.88. The number of carbonyl (C=O) groups is 2. The van der Waals surface area contributed by atoms with Gasteiger partial charge < -0.3 is 9.64 Å². The van der Waals surface area contributed by atoms with Crippen molar-refractivity contribution in [2.45, 2.75) is 19.4 Å². The van der Waals surface area contributed by atoms with E-state index in [1.807, 2.05) is 60.7 Å². The highest BCUT2D eigenvalue weighted by molar-refractivity contribution is 5.94. The minimum absolute atomic E-state index is 0.0907. The lowest BCUT2D eigenvalue weighted by Crippen LogP contribution is -2.30. The van der Waals surface area contributed by atoms with Crippen LogP contribution in [-0.2, 0) is 20.9 Å². The first kappa shape index (κ1) is 15.8. The van der Waals surface area contributed by atoms with Crippen LogP contribution in [0, 0.1) is 0 Å². The Balaban J connectivity index is 2.15. The fourth-order valence-corrected chi connectivity index (χ4v) is 2.14. The highest BCUT2D eigenvalue weighted by Gasteiger charge is 2.17. The molecule has 0 heterocycles. The standard InChI is InChI=1S/C18H19NO3/c1-22-18(21)13-12-17(20)19(16-10-6-3-7-11-16)14-15-8-4-2-5-9-15/h2-11H,12-14H2,1H3. The number of ether oxygens (including phenoxy) is 1. The topological polar surface area (TPSA) is 46.6 Å². The highest BCUT2D eigenvalue weighted by atomic mass is 16.5. The number of esters is 1. The number of anilines is 1. The van der Waals surface area contributed by atoms with E-state index in [4.69, 9.17) is 0 Å². The van der Waals surface area contributed by atoms with Gasteiger partial charge in [0.1, 0.15) is 0 Å². The van der Waals surface area contributed by atoms with E-state index in [0.29, 0.717) is 6.54 Å². The first-order chi connectivity index (χ1) is 10.7. The molecule has 0 atom stereocenters. The second kappa shape index (κ2) is 7.98. The van der Waals surface area contributed by atoms with Crippen molar-refractivity contribution in [3.05, 3.63) is 66.2 Å². The van der Waals surface area contributed by atoms with Gasteiger partial charge in [-0.1, -0.05) is 48.5 Å². The molecule has 114 valence electrons. The zero-order valence-electron chi connectivity index (χ0n) is 12.6. The summed E-state index contributed by atoms with van der Waals surface area (Å²) < 4.78 is 4.59. The number of para-hydroxylation sites is 1. The molecule has 0 fully saturated rings. The van der Waals surface area contributed by atoms with Crippen molar-refractivity contribution >= 4 is 17.6 Å². The summed E-state index contributed by atoms with van der Waals surface area (Å²) >= 11 is 0. The summed E-state index contributed by atoms with van der Waals surface area (Å²) in [6, 6.07) is 19.2. The molecule has 22 heavy (non-hydrogen) atoms. The Bertz CT molecular complexity index is 611. The van der Waals surface area contributed by atoms with Gasteiger partial charge in [0.25, 0.3) is 0 Å². The van der Waals surface area contributed by atoms with E-state index in [2.05, 4.69) is 4.74 Å². The van der Waals surface area contributed by atoms with Gasteiger partial charge in [0.05, 0.1) is 20.1 Å². The molecule has 0 radical (unpaired) electrons. The maximum absolute atomic E-state index is 12.5. The van der Waals surface area contributed by atoms with Crippen LogP contribution in [0.5, 0.6) is 0 Å². The number of hydrogen-bond acceptors (Lipinski definition) is 3. The molecule has 2 aromatic carbocycles. The van der Waals surface area contributed by atoms with Gasteiger partial charge in [-0.2, -0.15) is 0 Å². The molecule has 0 bridgehead atoms. The number of methoxy groups -OCH3 is 1. The van der Waals surface area contributed by atoms with Gasteiger partial charge in [-0.15, -0.1) is 0 Å². The van der Waals surface area contributed by atoms with Gasteiger partial charge in [0.2, 0.25) is 5.91 Å². The summed E-state index contributed by atoms with van der Waals surface area (Å²) in [5, 5.41) is 0. The van der Waals surface area contributed by atoms with Gasteiger partial charge >= 0.3 is 5.97 Å². The smallest absolute Gasteiger partial charge is 0.306 e. The van der Waals surface area contributed by atoms with Gasteiger partial charge in [-0.3, -0.25) is 9.59 Å². The van der Waals surface area contributed by atoms with Crippen molar-refractivity contribution in [1.29, 1.82) is 0 Å². The first-order valence-electron chi connectivity index (χ1n) is 7.17. The van der Waals surface area contributed by atoms with E-state index < -0.39 is 0 Å². The molecule has 0 saturated heterocycles. The third-order valence-electron chi connectivity index (χ3n) is 3.32. The monoisotopic (exact) mass is 297 g/mol. The van der Waals surface area contributed by atoms with E-state index in [9.17, 15) is 9.59 Å². The van der Waals surface area contributed by atoms with Gasteiger partial charge in [0.15, 0.2) is 0 Å². The van der Waals surface area contributed by atoms with Crippen LogP contribution in [0.25, 0.3) is 0 Å². The fourth-order valence-electron chi connectivity index (χ4n) is 2.14. The maximum atomic E-state index is 12.5. The Morgan fingerprint density at radius 3 is 2.09 bits per heavy atom. The SMILES string of the molecule is COC(=O)CCC(=O)N(Cc1ccccc1)c1ccccc1. The Labute approximate surface area is 130 Å². The van der Waals surface area contributed by atoms with Crippen molar-refractivity contribution in [1.82, 2.24) is 0 Å². The third-order valence-corrected chi connectivity index (χ3v) is 3.32. The van der Waals surface area contributed by atoms with E-state index in [1.165, 1.54) is 7.11 Å². The molecule has 0 spiro atoms. The Morgan fingerprint density at radius 1 is 0.909 bits per heavy atom. The van der Waals surface area contributed by atoms with Crippen LogP contribution in [0.2, 0.25) is 0 Å². The van der Waals surface area contributed by atoms with Crippen LogP contribution in [0.15, 0.2) is 60.7 Å². The molecular formula is C18H19NO3. The molecule has 1 amide bonds. The molecule has 0 unspecified atom stereocenters. The van der Waals surface area contributed by atoms with E-state index in [0.717, 1.165) is 11.3 Å². The normalized spacial score (nSPS) is 10.0. The largest absolute Gasteiger partial charge is 0.469 e. The van der Waals surface area contributed by atoms with Crippen molar-refractivity contribution in [2.24, 2.45) is 0 Å². The molecule has 0 N–H and O–H groups in total. The number of amides is 1. The molecule has 0 saturated carbocycles. The van der Waals surface area contributed by atoms with E-state index >= 15 is 0 Å². The Morgan fingerprint density at radius 2 is 1.50 bits per heavy atom. The minimum Gasteiger partial charge on any atom is -0.469 e. The molecule has 2 aromatic rings. The van der Waals surface area contributed by atoms with Crippen molar-refractivity contribution in [3.8, 4) is 0 Å². The summed E-state index contributed by atoms with van der Waals surface area (Å²) in [4.78, 5) is 25.4. The average Bonchev–Trinajstić information content (AvgIpc) is 2.59. The van der Waals surface area contributed by atoms with Gasteiger partial charge in [-0.25, -0.2) is 0 Å². The summed E-state index contributed by atoms with van der Waals surface area (Å²) in [5.41, 5.74) is 1.86. The zero-order valence-corrected chi connectivity index (χ0v) is 12.6. The predicted molar refractivity (Wildman–Crippen MR) is 85.3 cm³/mol. The third kappa shape index (κ3) is 4.45. The van der Waals surface area contributed by atoms with Crippen LogP contribution in [0.3, 0.4) is 0 Å². The summed E-state index contributed by atoms with van der Waals surface area (Å²) in [5.74, 6) is -0.471. The molecule has 4 heteroatoms. The molecule has 0 aliphatic carbocycles. The molecule has 0 aromatic heterocycles. The summed E-state index contributed by atoms with van der Waals surface area (Å²) in [7, 11) is 1.33. The summed E-state index contributed by atoms with van der Waals surface area (Å²) in [6.07, 6.45) is 0.224. The van der Waals surface area contributed by atoms with Crippen LogP contribution >= 0.6 is 0 Å². The molecule has 2 rings (SSSR count). The second-order valence-corrected chi connectivity index (χ2v) is 4.88. The van der Waals surface area contributed by atoms with Crippen LogP contribution in [-0.4, -0.2) is 19.0 Å². The van der Waals surface area contributed by atoms with Crippen LogP contribution in [0.1, 0.15) is 18.4 Å². The fraction of sp³-hybridized carbons (Fsp3) is 0.222. The quantitative estimate of drug-likeness (QED) is 0.769. The lowest BCUT2D eigenvalue weighted by Gasteiger charge is -2.23. The zero-order chi connectivity index (χ0) is 15.8. The number of carbonyl (C=O) groups excluding carboxylic acids is 2. The number of nitrogens with zero attached hydrogens (tertiary/aromatic N) is 1. The lowest BCUT2D eigenvalue weighted by molar-refractivity contribution is -0.141. The predicted octanol–water partition coefficient (Wildman–Crippen LogP) is 3.17. The first-order valence-corrected chi connectivity index (χ1v) is 7.17.